The van der Waals surface area contributed by atoms with Crippen LogP contribution in [-0.4, -0.2) is 9.97 Å². The Balaban J connectivity index is 1.89. The van der Waals surface area contributed by atoms with Crippen molar-refractivity contribution >= 4 is 34.6 Å². The van der Waals surface area contributed by atoms with Crippen LogP contribution in [0.2, 0.25) is 5.02 Å². The second kappa shape index (κ2) is 6.84. The fourth-order valence-corrected chi connectivity index (χ4v) is 2.45. The number of nitrogens with one attached hydrogen (secondary N) is 2. The predicted octanol–water partition coefficient (Wildman–Crippen LogP) is 5.37. The first kappa shape index (κ1) is 16.2. The lowest BCUT2D eigenvalue weighted by Gasteiger charge is -2.12. The van der Waals surface area contributed by atoms with E-state index in [1.807, 2.05) is 25.1 Å². The number of rotatable bonds is 4. The predicted molar refractivity (Wildman–Crippen MR) is 95.9 cm³/mol. The smallest absolute Gasteiger partial charge is 0.146 e. The molecule has 1 aromatic heterocycles. The molecule has 0 spiro atoms. The van der Waals surface area contributed by atoms with Crippen LogP contribution >= 0.6 is 11.6 Å². The van der Waals surface area contributed by atoms with Crippen LogP contribution in [0, 0.1) is 19.7 Å². The average molecular weight is 343 g/mol. The van der Waals surface area contributed by atoms with Gasteiger partial charge < -0.3 is 10.6 Å². The second-order valence-corrected chi connectivity index (χ2v) is 5.74. The third-order valence-electron chi connectivity index (χ3n) is 3.50. The van der Waals surface area contributed by atoms with Gasteiger partial charge in [-0.1, -0.05) is 29.8 Å². The Kier molecular flexibility index (Phi) is 4.62. The average Bonchev–Trinajstić information content (AvgIpc) is 2.54. The van der Waals surface area contributed by atoms with Gasteiger partial charge in [0, 0.05) is 16.8 Å². The van der Waals surface area contributed by atoms with Crippen LogP contribution in [0.15, 0.2) is 48.5 Å². The van der Waals surface area contributed by atoms with E-state index in [2.05, 4.69) is 20.6 Å². The fourth-order valence-electron chi connectivity index (χ4n) is 2.28. The lowest BCUT2D eigenvalue weighted by molar-refractivity contribution is 0.632. The van der Waals surface area contributed by atoms with Gasteiger partial charge in [-0.2, -0.15) is 0 Å². The fraction of sp³-hybridized carbons (Fsp3) is 0.111. The van der Waals surface area contributed by atoms with Gasteiger partial charge in [0.2, 0.25) is 0 Å². The zero-order chi connectivity index (χ0) is 17.1. The summed E-state index contributed by atoms with van der Waals surface area (Å²) in [5.41, 5.74) is 2.15. The molecule has 0 unspecified atom stereocenters. The molecular formula is C18H16ClFN4. The van der Waals surface area contributed by atoms with Crippen molar-refractivity contribution in [2.75, 3.05) is 10.6 Å². The first-order valence-electron chi connectivity index (χ1n) is 7.42. The summed E-state index contributed by atoms with van der Waals surface area (Å²) in [4.78, 5) is 8.66. The van der Waals surface area contributed by atoms with E-state index in [1.165, 1.54) is 6.07 Å². The summed E-state index contributed by atoms with van der Waals surface area (Å²) < 4.78 is 13.8. The molecule has 0 saturated carbocycles. The normalized spacial score (nSPS) is 10.5. The topological polar surface area (TPSA) is 49.8 Å². The number of benzene rings is 2. The van der Waals surface area contributed by atoms with E-state index < -0.39 is 0 Å². The molecule has 122 valence electrons. The molecule has 0 fully saturated rings. The Morgan fingerprint density at radius 1 is 0.875 bits per heavy atom. The van der Waals surface area contributed by atoms with E-state index >= 15 is 0 Å². The lowest BCUT2D eigenvalue weighted by atomic mass is 10.2. The number of nitrogens with zero attached hydrogens (tertiary/aromatic N) is 2. The molecule has 3 aromatic rings. The Morgan fingerprint density at radius 3 is 2.21 bits per heavy atom. The van der Waals surface area contributed by atoms with Gasteiger partial charge in [-0.3, -0.25) is 0 Å². The number of halogens is 2. The van der Waals surface area contributed by atoms with Crippen molar-refractivity contribution in [3.05, 3.63) is 70.8 Å². The highest BCUT2D eigenvalue weighted by atomic mass is 35.5. The number of aryl methyl sites for hydroxylation is 1. The van der Waals surface area contributed by atoms with Crippen LogP contribution in [0.1, 0.15) is 11.4 Å². The summed E-state index contributed by atoms with van der Waals surface area (Å²) in [5.74, 6) is 1.34. The van der Waals surface area contributed by atoms with Gasteiger partial charge in [-0.05, 0) is 43.7 Å². The van der Waals surface area contributed by atoms with E-state index in [9.17, 15) is 4.39 Å². The highest BCUT2D eigenvalue weighted by Gasteiger charge is 2.08. The molecule has 2 aromatic carbocycles. The van der Waals surface area contributed by atoms with Gasteiger partial charge >= 0.3 is 0 Å². The molecule has 0 aliphatic carbocycles. The summed E-state index contributed by atoms with van der Waals surface area (Å²) in [7, 11) is 0. The molecule has 0 atom stereocenters. The Morgan fingerprint density at radius 2 is 1.50 bits per heavy atom. The van der Waals surface area contributed by atoms with Crippen molar-refractivity contribution in [2.45, 2.75) is 13.8 Å². The van der Waals surface area contributed by atoms with E-state index in [-0.39, 0.29) is 5.82 Å². The minimum atomic E-state index is -0.339. The van der Waals surface area contributed by atoms with E-state index in [1.54, 1.807) is 31.2 Å². The molecule has 0 radical (unpaired) electrons. The van der Waals surface area contributed by atoms with Gasteiger partial charge in [0.1, 0.15) is 23.3 Å². The summed E-state index contributed by atoms with van der Waals surface area (Å²) in [5, 5.41) is 6.87. The molecule has 0 bridgehead atoms. The molecule has 0 saturated heterocycles. The third kappa shape index (κ3) is 3.63. The Bertz CT molecular complexity index is 883. The van der Waals surface area contributed by atoms with Gasteiger partial charge in [0.15, 0.2) is 0 Å². The zero-order valence-electron chi connectivity index (χ0n) is 13.3. The maximum atomic E-state index is 13.8. The Labute approximate surface area is 144 Å². The van der Waals surface area contributed by atoms with Gasteiger partial charge in [-0.25, -0.2) is 14.4 Å². The van der Waals surface area contributed by atoms with Crippen molar-refractivity contribution in [3.63, 3.8) is 0 Å². The zero-order valence-corrected chi connectivity index (χ0v) is 14.0. The van der Waals surface area contributed by atoms with Crippen LogP contribution < -0.4 is 10.6 Å². The summed E-state index contributed by atoms with van der Waals surface area (Å²) in [6, 6.07) is 13.8. The van der Waals surface area contributed by atoms with Gasteiger partial charge in [0.25, 0.3) is 0 Å². The molecule has 0 aliphatic heterocycles. The molecule has 24 heavy (non-hydrogen) atoms. The van der Waals surface area contributed by atoms with Gasteiger partial charge in [-0.15, -0.1) is 0 Å². The molecular weight excluding hydrogens is 327 g/mol. The highest BCUT2D eigenvalue weighted by molar-refractivity contribution is 6.31. The van der Waals surface area contributed by atoms with E-state index in [4.69, 9.17) is 11.6 Å². The van der Waals surface area contributed by atoms with Crippen LogP contribution in [0.5, 0.6) is 0 Å². The first-order valence-corrected chi connectivity index (χ1v) is 7.80. The van der Waals surface area contributed by atoms with Gasteiger partial charge in [0.05, 0.1) is 5.69 Å². The van der Waals surface area contributed by atoms with Crippen molar-refractivity contribution in [3.8, 4) is 0 Å². The van der Waals surface area contributed by atoms with Crippen LogP contribution in [-0.2, 0) is 0 Å². The molecule has 4 nitrogen and oxygen atoms in total. The standard InChI is InChI=1S/C18H16ClFN4/c1-11-13(19)6-5-9-15(11)23-17-10-18(22-12(2)21-17)24-16-8-4-3-7-14(16)20/h3-10H,1-2H3,(H2,21,22,23,24). The van der Waals surface area contributed by atoms with Crippen LogP contribution in [0.3, 0.4) is 0 Å². The Hall–Kier alpha value is -2.66. The molecule has 3 rings (SSSR count). The maximum absolute atomic E-state index is 13.8. The quantitative estimate of drug-likeness (QED) is 0.669. The van der Waals surface area contributed by atoms with E-state index in [0.717, 1.165) is 11.3 Å². The molecule has 0 aliphatic rings. The molecule has 1 heterocycles. The number of hydrogen-bond donors (Lipinski definition) is 2. The van der Waals surface area contributed by atoms with Crippen LogP contribution in [0.4, 0.5) is 27.4 Å². The number of aromatic nitrogens is 2. The van der Waals surface area contributed by atoms with E-state index in [0.29, 0.717) is 28.2 Å². The third-order valence-corrected chi connectivity index (χ3v) is 3.91. The molecule has 2 N–H and O–H groups in total. The highest BCUT2D eigenvalue weighted by Crippen LogP contribution is 2.27. The summed E-state index contributed by atoms with van der Waals surface area (Å²) in [6.45, 7) is 3.71. The minimum absolute atomic E-state index is 0.339. The largest absolute Gasteiger partial charge is 0.340 e. The van der Waals surface area contributed by atoms with Crippen LogP contribution in [0.25, 0.3) is 0 Å². The first-order chi connectivity index (χ1) is 11.5. The maximum Gasteiger partial charge on any atom is 0.146 e. The number of anilines is 4. The number of hydrogen-bond acceptors (Lipinski definition) is 4. The van der Waals surface area contributed by atoms with Crippen molar-refractivity contribution in [2.24, 2.45) is 0 Å². The van der Waals surface area contributed by atoms with Crippen molar-refractivity contribution < 1.29 is 4.39 Å². The van der Waals surface area contributed by atoms with Crippen molar-refractivity contribution in [1.82, 2.24) is 9.97 Å². The molecule has 0 amide bonds. The SMILES string of the molecule is Cc1nc(Nc2ccccc2F)cc(Nc2cccc(Cl)c2C)n1. The molecule has 6 heteroatoms. The minimum Gasteiger partial charge on any atom is -0.340 e. The van der Waals surface area contributed by atoms with Crippen molar-refractivity contribution in [1.29, 1.82) is 0 Å². The summed E-state index contributed by atoms with van der Waals surface area (Å²) >= 11 is 6.14. The second-order valence-electron chi connectivity index (χ2n) is 5.33. The lowest BCUT2D eigenvalue weighted by Crippen LogP contribution is -2.03. The summed E-state index contributed by atoms with van der Waals surface area (Å²) in [6.07, 6.45) is 0. The monoisotopic (exact) mass is 342 g/mol. The number of para-hydroxylation sites is 1.